The summed E-state index contributed by atoms with van der Waals surface area (Å²) in [5.74, 6) is -3.21. The molecule has 25 heavy (non-hydrogen) atoms. The van der Waals surface area contributed by atoms with Crippen molar-refractivity contribution in [3.05, 3.63) is 34.8 Å². The van der Waals surface area contributed by atoms with Crippen LogP contribution in [0.25, 0.3) is 0 Å². The highest BCUT2D eigenvalue weighted by atomic mass is 32.1. The van der Waals surface area contributed by atoms with Crippen LogP contribution in [0.15, 0.2) is 24.3 Å². The average Bonchev–Trinajstić information content (AvgIpc) is 3.05. The Hall–Kier alpha value is -3.01. The van der Waals surface area contributed by atoms with Gasteiger partial charge in [-0.15, -0.1) is 5.10 Å². The van der Waals surface area contributed by atoms with Crippen LogP contribution in [0, 0.1) is 0 Å². The van der Waals surface area contributed by atoms with Crippen molar-refractivity contribution in [2.75, 3.05) is 19.0 Å². The van der Waals surface area contributed by atoms with Crippen LogP contribution in [-0.4, -0.2) is 41.1 Å². The van der Waals surface area contributed by atoms with E-state index in [2.05, 4.69) is 14.9 Å². The number of carbonyl (C=O) groups is 3. The second-order valence-electron chi connectivity index (χ2n) is 4.76. The van der Waals surface area contributed by atoms with E-state index in [1.165, 1.54) is 7.11 Å². The maximum Gasteiger partial charge on any atom is 0.324 e. The van der Waals surface area contributed by atoms with Crippen molar-refractivity contribution < 1.29 is 23.9 Å². The number of anilines is 1. The molecule has 1 aromatic carbocycles. The maximum atomic E-state index is 12.4. The zero-order chi connectivity index (χ0) is 18.4. The minimum Gasteiger partial charge on any atom is -0.497 e. The number of methoxy groups -OCH3 is 1. The van der Waals surface area contributed by atoms with Crippen molar-refractivity contribution in [1.29, 1.82) is 0 Å². The number of benzene rings is 1. The molecule has 1 aromatic heterocycles. The first-order valence-electron chi connectivity index (χ1n) is 7.21. The Kier molecular flexibility index (Phi) is 6.01. The predicted molar refractivity (Wildman–Crippen MR) is 89.4 cm³/mol. The molecule has 2 amide bonds. The Morgan fingerprint density at radius 2 is 1.96 bits per heavy atom. The number of hydrogen-bond donors (Lipinski definition) is 2. The number of carbonyl (C=O) groups excluding carboxylic acids is 3. The van der Waals surface area contributed by atoms with Crippen molar-refractivity contribution in [3.63, 3.8) is 0 Å². The highest BCUT2D eigenvalue weighted by Gasteiger charge is 2.34. The summed E-state index contributed by atoms with van der Waals surface area (Å²) in [7, 11) is 1.53. The SMILES string of the molecule is CCOC(=O)C(C(N)=O)c1snnc1C(=O)Nc1ccc(OC)cc1. The topological polar surface area (TPSA) is 134 Å². The normalized spacial score (nSPS) is 11.4. The Bertz CT molecular complexity index is 774. The van der Waals surface area contributed by atoms with Crippen molar-refractivity contribution in [1.82, 2.24) is 9.59 Å². The molecule has 2 rings (SSSR count). The van der Waals surface area contributed by atoms with E-state index in [4.69, 9.17) is 15.2 Å². The fourth-order valence-corrected chi connectivity index (χ4v) is 2.74. The van der Waals surface area contributed by atoms with E-state index < -0.39 is 23.7 Å². The first-order valence-corrected chi connectivity index (χ1v) is 7.98. The lowest BCUT2D eigenvalue weighted by atomic mass is 10.1. The quantitative estimate of drug-likeness (QED) is 0.551. The zero-order valence-electron chi connectivity index (χ0n) is 13.5. The van der Waals surface area contributed by atoms with Gasteiger partial charge in [0.15, 0.2) is 11.6 Å². The van der Waals surface area contributed by atoms with Crippen LogP contribution in [0.5, 0.6) is 5.75 Å². The summed E-state index contributed by atoms with van der Waals surface area (Å²) in [6.45, 7) is 1.67. The predicted octanol–water partition coefficient (Wildman–Crippen LogP) is 0.931. The van der Waals surface area contributed by atoms with E-state index in [0.717, 1.165) is 11.5 Å². The van der Waals surface area contributed by atoms with Crippen molar-refractivity contribution >= 4 is 35.0 Å². The molecule has 1 unspecified atom stereocenters. The number of ether oxygens (including phenoxy) is 2. The van der Waals surface area contributed by atoms with Gasteiger partial charge in [-0.3, -0.25) is 14.4 Å². The lowest BCUT2D eigenvalue weighted by Crippen LogP contribution is -2.31. The second-order valence-corrected chi connectivity index (χ2v) is 5.54. The van der Waals surface area contributed by atoms with Gasteiger partial charge in [-0.25, -0.2) is 0 Å². The average molecular weight is 364 g/mol. The highest BCUT2D eigenvalue weighted by molar-refractivity contribution is 7.06. The zero-order valence-corrected chi connectivity index (χ0v) is 14.3. The van der Waals surface area contributed by atoms with E-state index in [0.29, 0.717) is 11.4 Å². The second kappa shape index (κ2) is 8.20. The lowest BCUT2D eigenvalue weighted by Gasteiger charge is -2.11. The number of esters is 1. The van der Waals surface area contributed by atoms with Gasteiger partial charge in [0.2, 0.25) is 5.91 Å². The molecule has 0 aliphatic heterocycles. The van der Waals surface area contributed by atoms with E-state index in [1.54, 1.807) is 31.2 Å². The molecule has 0 bridgehead atoms. The number of rotatable bonds is 7. The molecule has 2 aromatic rings. The molecule has 0 aliphatic carbocycles. The number of amides is 2. The number of nitrogens with zero attached hydrogens (tertiary/aromatic N) is 2. The van der Waals surface area contributed by atoms with Crippen molar-refractivity contribution in [2.24, 2.45) is 5.73 Å². The number of aromatic nitrogens is 2. The van der Waals surface area contributed by atoms with Crippen LogP contribution >= 0.6 is 11.5 Å². The lowest BCUT2D eigenvalue weighted by molar-refractivity contribution is -0.147. The highest BCUT2D eigenvalue weighted by Crippen LogP contribution is 2.25. The molecule has 0 saturated carbocycles. The summed E-state index contributed by atoms with van der Waals surface area (Å²) in [4.78, 5) is 36.1. The van der Waals surface area contributed by atoms with Crippen molar-refractivity contribution in [3.8, 4) is 5.75 Å². The molecular formula is C15H16N4O5S. The molecule has 132 valence electrons. The van der Waals surface area contributed by atoms with Crippen LogP contribution in [0.1, 0.15) is 28.2 Å². The van der Waals surface area contributed by atoms with E-state index in [9.17, 15) is 14.4 Å². The molecule has 1 heterocycles. The monoisotopic (exact) mass is 364 g/mol. The van der Waals surface area contributed by atoms with Gasteiger partial charge in [-0.1, -0.05) is 4.49 Å². The van der Waals surface area contributed by atoms with Gasteiger partial charge in [-0.2, -0.15) is 0 Å². The molecule has 3 N–H and O–H groups in total. The fourth-order valence-electron chi connectivity index (χ4n) is 1.99. The summed E-state index contributed by atoms with van der Waals surface area (Å²) in [6, 6.07) is 6.60. The fraction of sp³-hybridized carbons (Fsp3) is 0.267. The van der Waals surface area contributed by atoms with Gasteiger partial charge in [0.1, 0.15) is 5.75 Å². The first kappa shape index (κ1) is 18.3. The third-order valence-corrected chi connectivity index (χ3v) is 3.93. The molecule has 1 atom stereocenters. The third-order valence-electron chi connectivity index (χ3n) is 3.15. The molecular weight excluding hydrogens is 348 g/mol. The van der Waals surface area contributed by atoms with E-state index >= 15 is 0 Å². The number of hydrogen-bond acceptors (Lipinski definition) is 8. The molecule has 0 aliphatic rings. The largest absolute Gasteiger partial charge is 0.497 e. The van der Waals surface area contributed by atoms with E-state index in [1.807, 2.05) is 0 Å². The number of nitrogens with one attached hydrogen (secondary N) is 1. The Labute approximate surface area is 147 Å². The molecule has 0 fully saturated rings. The van der Waals surface area contributed by atoms with Gasteiger partial charge in [0.25, 0.3) is 5.91 Å². The smallest absolute Gasteiger partial charge is 0.324 e. The third kappa shape index (κ3) is 4.29. The summed E-state index contributed by atoms with van der Waals surface area (Å²) in [5, 5.41) is 6.31. The Morgan fingerprint density at radius 1 is 1.28 bits per heavy atom. The summed E-state index contributed by atoms with van der Waals surface area (Å²) >= 11 is 0.742. The van der Waals surface area contributed by atoms with Crippen LogP contribution in [-0.2, 0) is 14.3 Å². The van der Waals surface area contributed by atoms with Crippen LogP contribution in [0.3, 0.4) is 0 Å². The first-order chi connectivity index (χ1) is 12.0. The summed E-state index contributed by atoms with van der Waals surface area (Å²) < 4.78 is 13.5. The van der Waals surface area contributed by atoms with Crippen LogP contribution in [0.2, 0.25) is 0 Å². The van der Waals surface area contributed by atoms with E-state index in [-0.39, 0.29) is 17.2 Å². The minimum atomic E-state index is -1.43. The minimum absolute atomic E-state index is 0.0389. The standard InChI is InChI=1S/C15H16N4O5S/c1-3-24-15(22)10(13(16)20)12-11(18-19-25-12)14(21)17-8-4-6-9(23-2)7-5-8/h4-7,10H,3H2,1-2H3,(H2,16,20)(H,17,21). The maximum absolute atomic E-state index is 12.4. The number of primary amides is 1. The molecule has 0 radical (unpaired) electrons. The Balaban J connectivity index is 2.24. The van der Waals surface area contributed by atoms with Gasteiger partial charge < -0.3 is 20.5 Å². The van der Waals surface area contributed by atoms with Gasteiger partial charge in [0, 0.05) is 5.69 Å². The molecule has 0 saturated heterocycles. The van der Waals surface area contributed by atoms with Gasteiger partial charge in [0.05, 0.1) is 18.6 Å². The molecule has 9 nitrogen and oxygen atoms in total. The van der Waals surface area contributed by atoms with Gasteiger partial charge >= 0.3 is 5.97 Å². The van der Waals surface area contributed by atoms with Crippen molar-refractivity contribution in [2.45, 2.75) is 12.8 Å². The Morgan fingerprint density at radius 3 is 2.52 bits per heavy atom. The number of nitrogens with two attached hydrogens (primary N) is 1. The summed E-state index contributed by atoms with van der Waals surface area (Å²) in [6.07, 6.45) is 0. The summed E-state index contributed by atoms with van der Waals surface area (Å²) in [5.41, 5.74) is 5.61. The molecule has 0 spiro atoms. The van der Waals surface area contributed by atoms with Crippen LogP contribution in [0.4, 0.5) is 5.69 Å². The molecule has 10 heteroatoms. The van der Waals surface area contributed by atoms with Crippen LogP contribution < -0.4 is 15.8 Å². The van der Waals surface area contributed by atoms with Gasteiger partial charge in [-0.05, 0) is 42.7 Å².